The number of phenolic OH excluding ortho intramolecular Hbond substituents is 1. The van der Waals surface area contributed by atoms with Crippen molar-refractivity contribution >= 4 is 11.3 Å². The molecule has 2 aromatic heterocycles. The van der Waals surface area contributed by atoms with Crippen molar-refractivity contribution in [3.05, 3.63) is 54.5 Å². The molecule has 3 aromatic rings. The lowest BCUT2D eigenvalue weighted by Gasteiger charge is -2.03. The van der Waals surface area contributed by atoms with Crippen LogP contribution in [0.1, 0.15) is 5.69 Å². The molecule has 5 nitrogen and oxygen atoms in total. The van der Waals surface area contributed by atoms with Gasteiger partial charge in [0.1, 0.15) is 23.8 Å². The van der Waals surface area contributed by atoms with Crippen molar-refractivity contribution in [3.8, 4) is 11.5 Å². The summed E-state index contributed by atoms with van der Waals surface area (Å²) in [5, 5.41) is 9.34. The first-order valence-electron chi connectivity index (χ1n) is 5.86. The number of ether oxygens (including phenoxy) is 1. The highest BCUT2D eigenvalue weighted by Gasteiger charge is 2.03. The summed E-state index contributed by atoms with van der Waals surface area (Å²) in [4.78, 5) is 4.41. The molecule has 0 spiro atoms. The van der Waals surface area contributed by atoms with E-state index in [-0.39, 0.29) is 5.75 Å². The first-order valence-corrected chi connectivity index (χ1v) is 5.86. The molecule has 0 fully saturated rings. The van der Waals surface area contributed by atoms with Crippen LogP contribution >= 0.6 is 0 Å². The van der Waals surface area contributed by atoms with Gasteiger partial charge < -0.3 is 20.0 Å². The summed E-state index contributed by atoms with van der Waals surface area (Å²) < 4.78 is 7.45. The van der Waals surface area contributed by atoms with Crippen molar-refractivity contribution in [2.45, 2.75) is 6.61 Å². The molecule has 0 saturated carbocycles. The first kappa shape index (κ1) is 11.4. The van der Waals surface area contributed by atoms with Gasteiger partial charge in [-0.2, -0.15) is 0 Å². The lowest BCUT2D eigenvalue weighted by molar-refractivity contribution is 0.300. The van der Waals surface area contributed by atoms with Crippen LogP contribution in [0.3, 0.4) is 0 Å². The third-order valence-electron chi connectivity index (χ3n) is 2.74. The van der Waals surface area contributed by atoms with Crippen LogP contribution in [-0.2, 0) is 6.61 Å². The van der Waals surface area contributed by atoms with Gasteiger partial charge in [-0.25, -0.2) is 4.98 Å². The van der Waals surface area contributed by atoms with Gasteiger partial charge in [-0.05, 0) is 18.2 Å². The lowest BCUT2D eigenvalue weighted by atomic mass is 10.3. The number of imidazole rings is 1. The Bertz CT molecular complexity index is 722. The number of nitrogen functional groups attached to an aromatic ring is 1. The van der Waals surface area contributed by atoms with Gasteiger partial charge >= 0.3 is 0 Å². The second kappa shape index (κ2) is 4.53. The summed E-state index contributed by atoms with van der Waals surface area (Å²) in [5.41, 5.74) is 7.97. The topological polar surface area (TPSA) is 72.8 Å². The summed E-state index contributed by atoms with van der Waals surface area (Å²) in [7, 11) is 0. The summed E-state index contributed by atoms with van der Waals surface area (Å²) in [6.45, 7) is 0.338. The quantitative estimate of drug-likeness (QED) is 0.752. The number of phenols is 1. The van der Waals surface area contributed by atoms with E-state index in [1.807, 2.05) is 22.9 Å². The molecule has 2 heterocycles. The van der Waals surface area contributed by atoms with E-state index in [9.17, 15) is 5.11 Å². The fraction of sp³-hybridized carbons (Fsp3) is 0.0714. The number of nitrogens with two attached hydrogens (primary N) is 1. The Morgan fingerprint density at radius 1 is 1.26 bits per heavy atom. The molecule has 0 saturated heterocycles. The van der Waals surface area contributed by atoms with Gasteiger partial charge in [0.15, 0.2) is 0 Å². The Morgan fingerprint density at radius 3 is 3.00 bits per heavy atom. The highest BCUT2D eigenvalue weighted by molar-refractivity contribution is 5.52. The van der Waals surface area contributed by atoms with Crippen LogP contribution < -0.4 is 10.5 Å². The van der Waals surface area contributed by atoms with Gasteiger partial charge in [0.25, 0.3) is 0 Å². The average Bonchev–Trinajstić information content (AvgIpc) is 2.78. The number of rotatable bonds is 3. The SMILES string of the molecule is Nc1ccn2cc(COc3cccc(O)c3)nc2c1. The second-order valence-corrected chi connectivity index (χ2v) is 4.24. The van der Waals surface area contributed by atoms with Crippen molar-refractivity contribution in [1.29, 1.82) is 0 Å². The molecule has 3 rings (SSSR count). The molecule has 5 heteroatoms. The Labute approximate surface area is 109 Å². The molecule has 0 amide bonds. The number of hydrogen-bond donors (Lipinski definition) is 2. The number of aromatic hydroxyl groups is 1. The van der Waals surface area contributed by atoms with Gasteiger partial charge in [-0.3, -0.25) is 0 Å². The van der Waals surface area contributed by atoms with Crippen LogP contribution in [0.15, 0.2) is 48.8 Å². The van der Waals surface area contributed by atoms with E-state index in [2.05, 4.69) is 4.98 Å². The fourth-order valence-corrected chi connectivity index (χ4v) is 1.85. The number of hydrogen-bond acceptors (Lipinski definition) is 4. The number of fused-ring (bicyclic) bond motifs is 1. The van der Waals surface area contributed by atoms with Crippen LogP contribution in [-0.4, -0.2) is 14.5 Å². The Hall–Kier alpha value is -2.69. The van der Waals surface area contributed by atoms with Crippen molar-refractivity contribution in [1.82, 2.24) is 9.38 Å². The van der Waals surface area contributed by atoms with Crippen LogP contribution in [0.4, 0.5) is 5.69 Å². The van der Waals surface area contributed by atoms with Crippen molar-refractivity contribution in [3.63, 3.8) is 0 Å². The van der Waals surface area contributed by atoms with E-state index in [4.69, 9.17) is 10.5 Å². The molecule has 0 radical (unpaired) electrons. The van der Waals surface area contributed by atoms with E-state index in [1.165, 1.54) is 0 Å². The van der Waals surface area contributed by atoms with Gasteiger partial charge in [-0.1, -0.05) is 6.07 Å². The maximum absolute atomic E-state index is 9.34. The molecule has 19 heavy (non-hydrogen) atoms. The number of benzene rings is 1. The monoisotopic (exact) mass is 255 g/mol. The number of nitrogens with zero attached hydrogens (tertiary/aromatic N) is 2. The number of anilines is 1. The maximum Gasteiger partial charge on any atom is 0.139 e. The molecule has 0 aliphatic heterocycles. The van der Waals surface area contributed by atoms with E-state index >= 15 is 0 Å². The van der Waals surface area contributed by atoms with Crippen LogP contribution in [0, 0.1) is 0 Å². The molecular formula is C14H13N3O2. The van der Waals surface area contributed by atoms with Gasteiger partial charge in [0, 0.05) is 30.2 Å². The largest absolute Gasteiger partial charge is 0.508 e. The van der Waals surface area contributed by atoms with E-state index in [0.717, 1.165) is 11.3 Å². The minimum absolute atomic E-state index is 0.181. The van der Waals surface area contributed by atoms with Gasteiger partial charge in [-0.15, -0.1) is 0 Å². The molecule has 3 N–H and O–H groups in total. The van der Waals surface area contributed by atoms with E-state index < -0.39 is 0 Å². The van der Waals surface area contributed by atoms with Crippen LogP contribution in [0.2, 0.25) is 0 Å². The molecule has 1 aromatic carbocycles. The zero-order valence-corrected chi connectivity index (χ0v) is 10.2. The summed E-state index contributed by atoms with van der Waals surface area (Å²) in [6, 6.07) is 10.3. The third kappa shape index (κ3) is 2.44. The summed E-state index contributed by atoms with van der Waals surface area (Å²) in [5.74, 6) is 0.789. The molecule has 0 bridgehead atoms. The zero-order valence-electron chi connectivity index (χ0n) is 10.2. The Morgan fingerprint density at radius 2 is 2.16 bits per heavy atom. The second-order valence-electron chi connectivity index (χ2n) is 4.24. The molecule has 0 aliphatic rings. The highest BCUT2D eigenvalue weighted by atomic mass is 16.5. The van der Waals surface area contributed by atoms with Crippen molar-refractivity contribution in [2.24, 2.45) is 0 Å². The zero-order chi connectivity index (χ0) is 13.2. The van der Waals surface area contributed by atoms with E-state index in [0.29, 0.717) is 18.0 Å². The number of aromatic nitrogens is 2. The standard InChI is InChI=1S/C14H13N3O2/c15-10-4-5-17-8-11(16-14(17)6-10)9-19-13-3-1-2-12(18)7-13/h1-8,18H,9,15H2. The normalized spacial score (nSPS) is 10.7. The average molecular weight is 255 g/mol. The van der Waals surface area contributed by atoms with Gasteiger partial charge in [0.05, 0.1) is 5.69 Å². The third-order valence-corrected chi connectivity index (χ3v) is 2.74. The predicted molar refractivity (Wildman–Crippen MR) is 72.0 cm³/mol. The predicted octanol–water partition coefficient (Wildman–Crippen LogP) is 2.20. The van der Waals surface area contributed by atoms with Crippen LogP contribution in [0.25, 0.3) is 5.65 Å². The lowest BCUT2D eigenvalue weighted by Crippen LogP contribution is -1.95. The van der Waals surface area contributed by atoms with Gasteiger partial charge in [0.2, 0.25) is 0 Å². The van der Waals surface area contributed by atoms with Crippen molar-refractivity contribution < 1.29 is 9.84 Å². The minimum Gasteiger partial charge on any atom is -0.508 e. The molecular weight excluding hydrogens is 242 g/mol. The highest BCUT2D eigenvalue weighted by Crippen LogP contribution is 2.19. The Kier molecular flexibility index (Phi) is 2.72. The fourth-order valence-electron chi connectivity index (χ4n) is 1.85. The molecule has 96 valence electrons. The molecule has 0 aliphatic carbocycles. The van der Waals surface area contributed by atoms with E-state index in [1.54, 1.807) is 30.3 Å². The molecule has 0 atom stereocenters. The number of pyridine rings is 1. The summed E-state index contributed by atoms with van der Waals surface area (Å²) in [6.07, 6.45) is 3.74. The maximum atomic E-state index is 9.34. The van der Waals surface area contributed by atoms with Crippen molar-refractivity contribution in [2.75, 3.05) is 5.73 Å². The first-order chi connectivity index (χ1) is 9.20. The molecule has 0 unspecified atom stereocenters. The van der Waals surface area contributed by atoms with Crippen LogP contribution in [0.5, 0.6) is 11.5 Å². The minimum atomic E-state index is 0.181. The Balaban J connectivity index is 1.78. The summed E-state index contributed by atoms with van der Waals surface area (Å²) >= 11 is 0. The smallest absolute Gasteiger partial charge is 0.139 e.